The number of nitrogens with zero attached hydrogens (tertiary/aromatic N) is 2. The molecule has 0 saturated carbocycles. The monoisotopic (exact) mass is 312 g/mol. The molecule has 0 amide bonds. The van der Waals surface area contributed by atoms with Crippen LogP contribution in [0, 0.1) is 13.8 Å². The van der Waals surface area contributed by atoms with E-state index in [2.05, 4.69) is 5.10 Å². The zero-order valence-electron chi connectivity index (χ0n) is 10.6. The maximum absolute atomic E-state index is 11.7. The molecule has 0 bridgehead atoms. The summed E-state index contributed by atoms with van der Waals surface area (Å²) in [7, 11) is 0. The number of carboxylic acid groups (broad SMARTS) is 1. The highest BCUT2D eigenvalue weighted by atomic mass is 35.5. The Bertz CT molecular complexity index is 769. The van der Waals surface area contributed by atoms with E-state index < -0.39 is 17.1 Å². The van der Waals surface area contributed by atoms with Crippen LogP contribution in [0.5, 0.6) is 0 Å². The molecule has 0 radical (unpaired) electrons. The largest absolute Gasteiger partial charge is 0.476 e. The lowest BCUT2D eigenvalue weighted by Gasteiger charge is -2.11. The van der Waals surface area contributed by atoms with Gasteiger partial charge in [0.15, 0.2) is 0 Å². The van der Waals surface area contributed by atoms with Gasteiger partial charge in [-0.3, -0.25) is 4.79 Å². The van der Waals surface area contributed by atoms with Crippen LogP contribution in [-0.2, 0) is 0 Å². The van der Waals surface area contributed by atoms with Crippen LogP contribution in [0.25, 0.3) is 5.69 Å². The minimum Gasteiger partial charge on any atom is -0.476 e. The van der Waals surface area contributed by atoms with Crippen molar-refractivity contribution in [2.75, 3.05) is 0 Å². The maximum atomic E-state index is 11.7. The molecular formula is C13H10Cl2N2O3. The summed E-state index contributed by atoms with van der Waals surface area (Å²) in [5.74, 6) is -1.39. The van der Waals surface area contributed by atoms with Gasteiger partial charge in [-0.2, -0.15) is 5.10 Å². The van der Waals surface area contributed by atoms with E-state index >= 15 is 0 Å². The van der Waals surface area contributed by atoms with Crippen LogP contribution in [0.1, 0.15) is 21.6 Å². The standard InChI is InChI=1S/C13H10Cl2N2O3/c1-6-3-9(15)10(4-8(6)14)17-5-7(2)12(18)11(16-17)13(19)20/h3-5H,1-2H3,(H,19,20). The molecule has 7 heteroatoms. The van der Waals surface area contributed by atoms with Crippen molar-refractivity contribution in [3.05, 3.63) is 55.4 Å². The van der Waals surface area contributed by atoms with Gasteiger partial charge in [0.05, 0.1) is 10.7 Å². The minimum absolute atomic E-state index is 0.255. The molecule has 0 fully saturated rings. The Balaban J connectivity index is 2.74. The van der Waals surface area contributed by atoms with Crippen molar-refractivity contribution >= 4 is 29.2 Å². The lowest BCUT2D eigenvalue weighted by atomic mass is 10.2. The fraction of sp³-hybridized carbons (Fsp3) is 0.154. The van der Waals surface area contributed by atoms with E-state index in [9.17, 15) is 9.59 Å². The molecule has 0 aliphatic heterocycles. The topological polar surface area (TPSA) is 72.2 Å². The Morgan fingerprint density at radius 2 is 1.85 bits per heavy atom. The predicted octanol–water partition coefficient (Wildman–Crippen LogP) is 2.85. The number of benzene rings is 1. The number of halogens is 2. The second kappa shape index (κ2) is 5.26. The van der Waals surface area contributed by atoms with Crippen molar-refractivity contribution in [2.45, 2.75) is 13.8 Å². The highest BCUT2D eigenvalue weighted by Gasteiger charge is 2.16. The van der Waals surface area contributed by atoms with Crippen LogP contribution >= 0.6 is 23.2 Å². The van der Waals surface area contributed by atoms with Gasteiger partial charge in [-0.25, -0.2) is 9.48 Å². The summed E-state index contributed by atoms with van der Waals surface area (Å²) < 4.78 is 1.24. The van der Waals surface area contributed by atoms with Gasteiger partial charge in [0.1, 0.15) is 0 Å². The summed E-state index contributed by atoms with van der Waals surface area (Å²) in [6, 6.07) is 3.22. The molecule has 2 rings (SSSR count). The van der Waals surface area contributed by atoms with Crippen molar-refractivity contribution in [1.82, 2.24) is 9.78 Å². The molecule has 0 saturated heterocycles. The summed E-state index contributed by atoms with van der Waals surface area (Å²) in [6.45, 7) is 3.31. The molecule has 104 valence electrons. The molecule has 2 aromatic rings. The Hall–Kier alpha value is -1.85. The Morgan fingerprint density at radius 1 is 1.20 bits per heavy atom. The maximum Gasteiger partial charge on any atom is 0.360 e. The summed E-state index contributed by atoms with van der Waals surface area (Å²) in [5.41, 5.74) is 0.274. The molecule has 1 heterocycles. The van der Waals surface area contributed by atoms with Gasteiger partial charge in [0, 0.05) is 16.8 Å². The lowest BCUT2D eigenvalue weighted by Crippen LogP contribution is -2.23. The highest BCUT2D eigenvalue weighted by molar-refractivity contribution is 6.35. The third-order valence-corrected chi connectivity index (χ3v) is 3.48. The summed E-state index contributed by atoms with van der Waals surface area (Å²) in [5, 5.41) is 13.6. The molecule has 1 aromatic heterocycles. The number of aryl methyl sites for hydroxylation is 2. The van der Waals surface area contributed by atoms with Crippen LogP contribution in [0.4, 0.5) is 0 Å². The van der Waals surface area contributed by atoms with Gasteiger partial charge in [0.2, 0.25) is 11.1 Å². The van der Waals surface area contributed by atoms with Crippen LogP contribution < -0.4 is 5.43 Å². The van der Waals surface area contributed by atoms with Gasteiger partial charge >= 0.3 is 5.97 Å². The Morgan fingerprint density at radius 3 is 2.45 bits per heavy atom. The first-order chi connectivity index (χ1) is 9.31. The van der Waals surface area contributed by atoms with Gasteiger partial charge in [-0.05, 0) is 31.5 Å². The third-order valence-electron chi connectivity index (χ3n) is 2.77. The van der Waals surface area contributed by atoms with Crippen LogP contribution in [0.3, 0.4) is 0 Å². The van der Waals surface area contributed by atoms with E-state index in [0.717, 1.165) is 5.56 Å². The number of rotatable bonds is 2. The first-order valence-corrected chi connectivity index (χ1v) is 6.36. The molecule has 0 unspecified atom stereocenters. The third kappa shape index (κ3) is 2.55. The first kappa shape index (κ1) is 14.6. The average molecular weight is 313 g/mol. The van der Waals surface area contributed by atoms with Gasteiger partial charge in [-0.15, -0.1) is 0 Å². The van der Waals surface area contributed by atoms with Gasteiger partial charge in [-0.1, -0.05) is 23.2 Å². The molecule has 1 aromatic carbocycles. The normalized spacial score (nSPS) is 10.6. The van der Waals surface area contributed by atoms with E-state index in [4.69, 9.17) is 28.3 Å². The van der Waals surface area contributed by atoms with E-state index in [0.29, 0.717) is 15.7 Å². The minimum atomic E-state index is -1.39. The number of carbonyl (C=O) groups is 1. The molecule has 0 atom stereocenters. The zero-order chi connectivity index (χ0) is 15.0. The van der Waals surface area contributed by atoms with Crippen molar-refractivity contribution in [2.24, 2.45) is 0 Å². The molecule has 0 spiro atoms. The fourth-order valence-corrected chi connectivity index (χ4v) is 2.15. The zero-order valence-corrected chi connectivity index (χ0v) is 12.2. The molecule has 0 aliphatic rings. The molecule has 1 N–H and O–H groups in total. The van der Waals surface area contributed by atoms with Crippen molar-refractivity contribution < 1.29 is 9.90 Å². The second-order valence-corrected chi connectivity index (χ2v) is 5.11. The molecule has 0 aliphatic carbocycles. The highest BCUT2D eigenvalue weighted by Crippen LogP contribution is 2.27. The SMILES string of the molecule is Cc1cc(Cl)c(-n2cc(C)c(=O)c(C(=O)O)n2)cc1Cl. The Labute approximate surface area is 124 Å². The number of aromatic carboxylic acids is 1. The van der Waals surface area contributed by atoms with Crippen molar-refractivity contribution in [3.63, 3.8) is 0 Å². The quantitative estimate of drug-likeness (QED) is 0.925. The second-order valence-electron chi connectivity index (χ2n) is 4.29. The van der Waals surface area contributed by atoms with Crippen LogP contribution in [-0.4, -0.2) is 20.9 Å². The number of aromatic nitrogens is 2. The van der Waals surface area contributed by atoms with Crippen molar-refractivity contribution in [3.8, 4) is 5.69 Å². The predicted molar refractivity (Wildman–Crippen MR) is 76.3 cm³/mol. The average Bonchev–Trinajstić information content (AvgIpc) is 2.36. The van der Waals surface area contributed by atoms with Gasteiger partial charge in [0.25, 0.3) is 0 Å². The van der Waals surface area contributed by atoms with E-state index in [1.165, 1.54) is 17.8 Å². The first-order valence-electron chi connectivity index (χ1n) is 5.61. The summed E-state index contributed by atoms with van der Waals surface area (Å²) in [4.78, 5) is 22.7. The molecular weight excluding hydrogens is 303 g/mol. The van der Waals surface area contributed by atoms with E-state index in [1.807, 2.05) is 0 Å². The van der Waals surface area contributed by atoms with E-state index in [-0.39, 0.29) is 5.56 Å². The summed E-state index contributed by atoms with van der Waals surface area (Å²) in [6.07, 6.45) is 1.42. The van der Waals surface area contributed by atoms with Gasteiger partial charge < -0.3 is 5.11 Å². The van der Waals surface area contributed by atoms with Crippen LogP contribution in [0.15, 0.2) is 23.1 Å². The van der Waals surface area contributed by atoms with Crippen LogP contribution in [0.2, 0.25) is 10.0 Å². The molecule has 5 nitrogen and oxygen atoms in total. The Kier molecular flexibility index (Phi) is 3.83. The van der Waals surface area contributed by atoms with E-state index in [1.54, 1.807) is 19.1 Å². The number of hydrogen-bond donors (Lipinski definition) is 1. The summed E-state index contributed by atoms with van der Waals surface area (Å²) >= 11 is 12.1. The number of carboxylic acids is 1. The lowest BCUT2D eigenvalue weighted by molar-refractivity contribution is 0.0686. The van der Waals surface area contributed by atoms with Crippen molar-refractivity contribution in [1.29, 1.82) is 0 Å². The number of hydrogen-bond acceptors (Lipinski definition) is 3. The molecule has 20 heavy (non-hydrogen) atoms. The fourth-order valence-electron chi connectivity index (χ4n) is 1.69. The smallest absolute Gasteiger partial charge is 0.360 e.